The summed E-state index contributed by atoms with van der Waals surface area (Å²) in [7, 11) is 2.56. The molecule has 0 amide bonds. The first-order valence-corrected chi connectivity index (χ1v) is 13.4. The van der Waals surface area contributed by atoms with Crippen LogP contribution in [0.5, 0.6) is 23.0 Å². The van der Waals surface area contributed by atoms with Gasteiger partial charge in [-0.3, -0.25) is 0 Å². The van der Waals surface area contributed by atoms with Crippen LogP contribution in [0.4, 0.5) is 0 Å². The molecule has 16 heteroatoms. The zero-order valence-electron chi connectivity index (χ0n) is 23.4. The van der Waals surface area contributed by atoms with Crippen LogP contribution in [0.3, 0.4) is 0 Å². The van der Waals surface area contributed by atoms with E-state index in [9.17, 15) is 40.2 Å². The number of benzene rings is 2. The Labute approximate surface area is 249 Å². The molecule has 240 valence electrons. The molecule has 6 aliphatic rings. The monoisotopic (exact) mass is 624 g/mol. The summed E-state index contributed by atoms with van der Waals surface area (Å²) in [5.41, 5.74) is -0.0459. The van der Waals surface area contributed by atoms with E-state index >= 15 is 0 Å². The van der Waals surface area contributed by atoms with Crippen molar-refractivity contribution in [1.82, 2.24) is 0 Å². The lowest BCUT2D eigenvalue weighted by atomic mass is 9.99. The van der Waals surface area contributed by atoms with Gasteiger partial charge in [-0.15, -0.1) is 0 Å². The third-order valence-electron chi connectivity index (χ3n) is 7.38. The Balaban J connectivity index is 1.48. The maximum Gasteiger partial charge on any atom is 0.338 e. The summed E-state index contributed by atoms with van der Waals surface area (Å²) in [5, 5.41) is 62.9. The maximum atomic E-state index is 12.9. The third kappa shape index (κ3) is 6.24. The molecule has 0 spiro atoms. The molecule has 2 saturated heterocycles. The van der Waals surface area contributed by atoms with Gasteiger partial charge < -0.3 is 68.5 Å². The van der Waals surface area contributed by atoms with Gasteiger partial charge in [0.25, 0.3) is 0 Å². The Morgan fingerprint density at radius 3 is 1.34 bits per heavy atom. The van der Waals surface area contributed by atoms with Gasteiger partial charge in [0.1, 0.15) is 62.0 Å². The third-order valence-corrected chi connectivity index (χ3v) is 7.38. The van der Waals surface area contributed by atoms with E-state index in [0.717, 1.165) is 0 Å². The maximum absolute atomic E-state index is 12.9. The molecule has 44 heavy (non-hydrogen) atoms. The van der Waals surface area contributed by atoms with Crippen molar-refractivity contribution in [3.05, 3.63) is 47.5 Å². The van der Waals surface area contributed by atoms with E-state index in [1.807, 2.05) is 0 Å². The molecule has 8 bridgehead atoms. The van der Waals surface area contributed by atoms with E-state index in [4.69, 9.17) is 37.9 Å². The van der Waals surface area contributed by atoms with Gasteiger partial charge in [-0.05, 0) is 36.4 Å². The number of carbonyl (C=O) groups is 2. The number of ether oxygens (including phenoxy) is 8. The molecular formula is C28H32O16. The molecule has 0 saturated carbocycles. The lowest BCUT2D eigenvalue weighted by molar-refractivity contribution is -0.277. The van der Waals surface area contributed by atoms with Gasteiger partial charge in [0, 0.05) is 0 Å². The zero-order chi connectivity index (χ0) is 31.7. The minimum Gasteiger partial charge on any atom is -0.493 e. The van der Waals surface area contributed by atoms with Gasteiger partial charge >= 0.3 is 11.9 Å². The van der Waals surface area contributed by atoms with Crippen molar-refractivity contribution in [3.8, 4) is 23.0 Å². The summed E-state index contributed by atoms with van der Waals surface area (Å²) in [6.45, 7) is -1.12. The molecule has 0 aliphatic carbocycles. The van der Waals surface area contributed by atoms with Crippen molar-refractivity contribution >= 4 is 11.9 Å². The van der Waals surface area contributed by atoms with Crippen LogP contribution < -0.4 is 18.9 Å². The van der Waals surface area contributed by atoms with Gasteiger partial charge in [-0.25, -0.2) is 9.59 Å². The van der Waals surface area contributed by atoms with Crippen molar-refractivity contribution in [1.29, 1.82) is 0 Å². The number of aliphatic hydroxyl groups excluding tert-OH is 6. The second-order valence-electron chi connectivity index (χ2n) is 10.2. The highest BCUT2D eigenvalue weighted by Gasteiger charge is 2.47. The molecule has 2 aromatic rings. The SMILES string of the molecule is COc1cc2ccc1OC1OC(COC(=O)c3ccc(c(OC)c3)OC3OC(COC2=O)C(O)C(O)C3O)C(O)C(O)C1O. The van der Waals surface area contributed by atoms with Crippen LogP contribution in [0, 0.1) is 0 Å². The first-order chi connectivity index (χ1) is 21.0. The summed E-state index contributed by atoms with van der Waals surface area (Å²) >= 11 is 0. The van der Waals surface area contributed by atoms with E-state index < -0.39 is 86.6 Å². The Bertz CT molecular complexity index is 1250. The molecule has 2 fully saturated rings. The minimum absolute atomic E-state index is 0.00101. The molecule has 2 aromatic carbocycles. The van der Waals surface area contributed by atoms with E-state index in [0.29, 0.717) is 0 Å². The molecule has 0 aromatic heterocycles. The first kappa shape index (κ1) is 31.7. The average Bonchev–Trinajstić information content (AvgIpc) is 3.03. The summed E-state index contributed by atoms with van der Waals surface area (Å²) < 4.78 is 43.8. The second kappa shape index (κ2) is 13.1. The van der Waals surface area contributed by atoms with Gasteiger partial charge in [0.05, 0.1) is 25.3 Å². The van der Waals surface area contributed by atoms with Crippen molar-refractivity contribution in [2.75, 3.05) is 27.4 Å². The molecule has 16 nitrogen and oxygen atoms in total. The fourth-order valence-electron chi connectivity index (χ4n) is 4.82. The summed E-state index contributed by atoms with van der Waals surface area (Å²) in [5.74, 6) is -1.80. The van der Waals surface area contributed by atoms with E-state index in [2.05, 4.69) is 0 Å². The first-order valence-electron chi connectivity index (χ1n) is 13.4. The number of carbonyl (C=O) groups excluding carboxylic acids is 2. The highest BCUT2D eigenvalue weighted by atomic mass is 16.7. The number of hydrogen-bond donors (Lipinski definition) is 6. The van der Waals surface area contributed by atoms with Gasteiger partial charge in [-0.2, -0.15) is 0 Å². The molecule has 10 atom stereocenters. The number of hydrogen-bond acceptors (Lipinski definition) is 16. The largest absolute Gasteiger partial charge is 0.493 e. The second-order valence-corrected chi connectivity index (χ2v) is 10.2. The van der Waals surface area contributed by atoms with Crippen molar-refractivity contribution < 1.29 is 78.1 Å². The lowest BCUT2D eigenvalue weighted by Gasteiger charge is -2.40. The topological polar surface area (TPSA) is 229 Å². The highest BCUT2D eigenvalue weighted by molar-refractivity contribution is 5.90. The Morgan fingerprint density at radius 1 is 0.591 bits per heavy atom. The number of aliphatic hydroxyl groups is 6. The molecule has 8 rings (SSSR count). The number of rotatable bonds is 2. The van der Waals surface area contributed by atoms with Gasteiger partial charge in [-0.1, -0.05) is 0 Å². The molecular weight excluding hydrogens is 592 g/mol. The van der Waals surface area contributed by atoms with E-state index in [1.165, 1.54) is 50.6 Å². The van der Waals surface area contributed by atoms with E-state index in [-0.39, 0.29) is 34.1 Å². The van der Waals surface area contributed by atoms with Crippen LogP contribution in [-0.4, -0.2) is 131 Å². The van der Waals surface area contributed by atoms with Gasteiger partial charge in [0.15, 0.2) is 23.0 Å². The predicted octanol–water partition coefficient (Wildman–Crippen LogP) is -1.90. The summed E-state index contributed by atoms with van der Waals surface area (Å²) in [4.78, 5) is 25.7. The summed E-state index contributed by atoms with van der Waals surface area (Å²) in [6.07, 6.45) is -16.0. The standard InChI is InChI=1S/C28H32O16/c1-37-15-7-11-3-5-13(15)41-27-23(33)21(31)19(29)17(43-27)10-40-26(36)12-4-6-14(16(8-12)38-2)42-28-24(34)22(32)20(30)18(44-28)9-39-25(11)35/h3-8,17-24,27-34H,9-10H2,1-2H3. The molecule has 6 heterocycles. The normalized spacial score (nSPS) is 34.4. The van der Waals surface area contributed by atoms with E-state index in [1.54, 1.807) is 0 Å². The van der Waals surface area contributed by atoms with Crippen LogP contribution in [0.25, 0.3) is 0 Å². The van der Waals surface area contributed by atoms with Gasteiger partial charge in [0.2, 0.25) is 12.6 Å². The van der Waals surface area contributed by atoms with Crippen LogP contribution in [-0.2, 0) is 18.9 Å². The molecule has 0 radical (unpaired) electrons. The van der Waals surface area contributed by atoms with Crippen molar-refractivity contribution in [3.63, 3.8) is 0 Å². The Hall–Kier alpha value is -3.74. The quantitative estimate of drug-likeness (QED) is 0.201. The Kier molecular flexibility index (Phi) is 9.42. The smallest absolute Gasteiger partial charge is 0.338 e. The molecule has 6 aliphatic heterocycles. The van der Waals surface area contributed by atoms with Crippen LogP contribution in [0.15, 0.2) is 36.4 Å². The fourth-order valence-corrected chi connectivity index (χ4v) is 4.82. The zero-order valence-corrected chi connectivity index (χ0v) is 23.4. The molecule has 6 N–H and O–H groups in total. The predicted molar refractivity (Wildman–Crippen MR) is 141 cm³/mol. The van der Waals surface area contributed by atoms with Crippen molar-refractivity contribution in [2.24, 2.45) is 0 Å². The van der Waals surface area contributed by atoms with Crippen molar-refractivity contribution in [2.45, 2.75) is 61.4 Å². The Morgan fingerprint density at radius 2 is 0.977 bits per heavy atom. The summed E-state index contributed by atoms with van der Waals surface area (Å²) in [6, 6.07) is 7.70. The molecule has 10 unspecified atom stereocenters. The fraction of sp³-hybridized carbons (Fsp3) is 0.500. The minimum atomic E-state index is -1.74. The average molecular weight is 625 g/mol. The number of esters is 2. The van der Waals surface area contributed by atoms with Crippen LogP contribution in [0.2, 0.25) is 0 Å². The van der Waals surface area contributed by atoms with Crippen LogP contribution >= 0.6 is 0 Å². The lowest BCUT2D eigenvalue weighted by Crippen LogP contribution is -2.60. The number of methoxy groups -OCH3 is 2. The van der Waals surface area contributed by atoms with Crippen LogP contribution in [0.1, 0.15) is 20.7 Å². The highest BCUT2D eigenvalue weighted by Crippen LogP contribution is 2.34.